The lowest BCUT2D eigenvalue weighted by Gasteiger charge is -2.39. The molecule has 4 rings (SSSR count). The molecule has 192 valence electrons. The minimum absolute atomic E-state index is 0.0534. The van der Waals surface area contributed by atoms with E-state index in [0.29, 0.717) is 23.6 Å². The average Bonchev–Trinajstić information content (AvgIpc) is 3.33. The van der Waals surface area contributed by atoms with Crippen molar-refractivity contribution in [3.63, 3.8) is 0 Å². The highest BCUT2D eigenvalue weighted by atomic mass is 35.5. The molecule has 35 heavy (non-hydrogen) atoms. The van der Waals surface area contributed by atoms with E-state index >= 15 is 0 Å². The van der Waals surface area contributed by atoms with Crippen LogP contribution in [0.1, 0.15) is 46.1 Å². The number of benzene rings is 1. The first-order chi connectivity index (χ1) is 16.5. The number of aliphatic hydroxyl groups excluding tert-OH is 1. The molecule has 3 heterocycles. The Labute approximate surface area is 211 Å². The molecule has 9 heteroatoms. The number of fused-ring (bicyclic) bond motifs is 1. The van der Waals surface area contributed by atoms with Gasteiger partial charge in [-0.1, -0.05) is 50.9 Å². The lowest BCUT2D eigenvalue weighted by Crippen LogP contribution is -2.57. The fourth-order valence-corrected chi connectivity index (χ4v) is 6.95. The van der Waals surface area contributed by atoms with E-state index in [4.69, 9.17) is 16.3 Å². The van der Waals surface area contributed by atoms with E-state index in [1.807, 2.05) is 40.7 Å². The number of aryl methyl sites for hydroxylation is 1. The molecule has 1 spiro atoms. The van der Waals surface area contributed by atoms with Crippen LogP contribution in [-0.4, -0.2) is 64.7 Å². The van der Waals surface area contributed by atoms with E-state index in [2.05, 4.69) is 10.6 Å². The lowest BCUT2D eigenvalue weighted by atomic mass is 9.62. The molecule has 3 aliphatic rings. The van der Waals surface area contributed by atoms with Crippen LogP contribution in [0.5, 0.6) is 0 Å². The summed E-state index contributed by atoms with van der Waals surface area (Å²) in [6.45, 7) is 9.35. The molecule has 1 aromatic rings. The monoisotopic (exact) mass is 505 g/mol. The summed E-state index contributed by atoms with van der Waals surface area (Å²) in [5, 5.41) is 16.4. The van der Waals surface area contributed by atoms with Crippen molar-refractivity contribution in [3.05, 3.63) is 28.8 Å². The summed E-state index contributed by atoms with van der Waals surface area (Å²) < 4.78 is 6.66. The predicted octanol–water partition coefficient (Wildman–Crippen LogP) is 2.75. The molecule has 3 amide bonds. The van der Waals surface area contributed by atoms with E-state index in [1.54, 1.807) is 19.2 Å². The van der Waals surface area contributed by atoms with Crippen molar-refractivity contribution in [1.82, 2.24) is 10.2 Å². The zero-order chi connectivity index (χ0) is 25.9. The van der Waals surface area contributed by atoms with E-state index in [0.717, 1.165) is 5.56 Å². The van der Waals surface area contributed by atoms with Crippen molar-refractivity contribution in [3.8, 4) is 0 Å². The number of ether oxygens (including phenoxy) is 1. The summed E-state index contributed by atoms with van der Waals surface area (Å²) in [4.78, 5) is 42.8. The fraction of sp³-hybridized carbons (Fsp3) is 0.654. The van der Waals surface area contributed by atoms with Crippen LogP contribution in [0.3, 0.4) is 0 Å². The van der Waals surface area contributed by atoms with Crippen LogP contribution in [0.2, 0.25) is 5.02 Å². The normalized spacial score (nSPS) is 35.1. The summed E-state index contributed by atoms with van der Waals surface area (Å²) >= 11 is 6.41. The minimum atomic E-state index is -1.18. The van der Waals surface area contributed by atoms with Crippen molar-refractivity contribution < 1.29 is 24.2 Å². The second kappa shape index (κ2) is 9.05. The molecule has 3 aliphatic heterocycles. The van der Waals surface area contributed by atoms with Gasteiger partial charge in [-0.25, -0.2) is 0 Å². The first-order valence-corrected chi connectivity index (χ1v) is 12.8. The number of carbonyl (C=O) groups excluding carboxylic acids is 3. The molecule has 3 N–H and O–H groups in total. The zero-order valence-corrected chi connectivity index (χ0v) is 22.0. The highest BCUT2D eigenvalue weighted by Crippen LogP contribution is 2.65. The maximum Gasteiger partial charge on any atom is 0.250 e. The molecule has 3 saturated heterocycles. The molecule has 3 fully saturated rings. The van der Waals surface area contributed by atoms with Crippen LogP contribution in [0.4, 0.5) is 5.69 Å². The number of carbonyl (C=O) groups is 3. The van der Waals surface area contributed by atoms with Gasteiger partial charge < -0.3 is 25.4 Å². The number of hydrogen-bond donors (Lipinski definition) is 3. The molecule has 0 radical (unpaired) electrons. The number of likely N-dealkylation sites (tertiary alicyclic amines) is 1. The van der Waals surface area contributed by atoms with E-state index in [-0.39, 0.29) is 30.3 Å². The molecule has 0 saturated carbocycles. The Balaban J connectivity index is 1.86. The average molecular weight is 506 g/mol. The molecular formula is C26H36ClN3O5. The number of amides is 3. The van der Waals surface area contributed by atoms with Gasteiger partial charge in [-0.15, -0.1) is 0 Å². The topological polar surface area (TPSA) is 108 Å². The first-order valence-electron chi connectivity index (χ1n) is 12.4. The zero-order valence-electron chi connectivity index (χ0n) is 21.2. The molecule has 2 bridgehead atoms. The summed E-state index contributed by atoms with van der Waals surface area (Å²) in [5.41, 5.74) is -0.791. The number of halogens is 1. The van der Waals surface area contributed by atoms with Crippen molar-refractivity contribution >= 4 is 35.0 Å². The molecule has 0 aromatic heterocycles. The van der Waals surface area contributed by atoms with Crippen LogP contribution >= 0.6 is 11.6 Å². The van der Waals surface area contributed by atoms with Gasteiger partial charge in [0.1, 0.15) is 11.6 Å². The van der Waals surface area contributed by atoms with Gasteiger partial charge in [0, 0.05) is 7.05 Å². The third-order valence-electron chi connectivity index (χ3n) is 8.85. The van der Waals surface area contributed by atoms with Crippen molar-refractivity contribution in [2.45, 2.75) is 70.7 Å². The van der Waals surface area contributed by atoms with E-state index < -0.39 is 41.0 Å². The molecule has 8 atom stereocenters. The predicted molar refractivity (Wildman–Crippen MR) is 133 cm³/mol. The fourth-order valence-electron chi connectivity index (χ4n) is 6.69. The summed E-state index contributed by atoms with van der Waals surface area (Å²) in [6.07, 6.45) is 1.17. The second-order valence-corrected chi connectivity index (χ2v) is 11.0. The largest absolute Gasteiger partial charge is 0.394 e. The third-order valence-corrected chi connectivity index (χ3v) is 9.16. The Morgan fingerprint density at radius 3 is 2.60 bits per heavy atom. The van der Waals surface area contributed by atoms with Gasteiger partial charge in [-0.3, -0.25) is 14.4 Å². The van der Waals surface area contributed by atoms with E-state index in [9.17, 15) is 19.5 Å². The van der Waals surface area contributed by atoms with Gasteiger partial charge in [0.15, 0.2) is 0 Å². The Morgan fingerprint density at radius 1 is 1.34 bits per heavy atom. The number of anilines is 1. The van der Waals surface area contributed by atoms with Crippen LogP contribution in [0.15, 0.2) is 18.2 Å². The van der Waals surface area contributed by atoms with Crippen LogP contribution < -0.4 is 10.6 Å². The van der Waals surface area contributed by atoms with Gasteiger partial charge >= 0.3 is 0 Å². The number of para-hydroxylation sites is 1. The standard InChI is InChI=1S/C26H36ClN3O5/c1-7-13(2)17(12-31)30-21(23(33)29-20-14(3)9-8-10-16(20)27)26-11-15(4)25(5,35-26)18(22(32)28-6)19(26)24(30)34/h8-10,13,15,17-19,21,31H,7,11-12H2,1-6H3,(H,28,32)(H,29,33)/t13-,15?,17-,18-,19-,21?,25+,26?/m0/s1. The van der Waals surface area contributed by atoms with Crippen molar-refractivity contribution in [1.29, 1.82) is 0 Å². The number of nitrogens with one attached hydrogen (secondary N) is 2. The van der Waals surface area contributed by atoms with Gasteiger partial charge in [0.2, 0.25) is 17.7 Å². The SMILES string of the molecule is CC[C@H](C)[C@H](CO)N1C(=O)[C@@H]2[C@@H](C(=O)NC)[C@]3(C)OC2(CC3C)C1C(=O)Nc1c(C)cccc1Cl. The number of rotatable bonds is 7. The number of hydrogen-bond acceptors (Lipinski definition) is 5. The minimum Gasteiger partial charge on any atom is -0.394 e. The van der Waals surface area contributed by atoms with Crippen molar-refractivity contribution in [2.24, 2.45) is 23.7 Å². The second-order valence-electron chi connectivity index (χ2n) is 10.6. The first kappa shape index (κ1) is 25.9. The molecule has 3 unspecified atom stereocenters. The van der Waals surface area contributed by atoms with E-state index in [1.165, 1.54) is 4.90 Å². The van der Waals surface area contributed by atoms with Crippen LogP contribution in [0.25, 0.3) is 0 Å². The highest BCUT2D eigenvalue weighted by Gasteiger charge is 2.80. The Morgan fingerprint density at radius 2 is 2.03 bits per heavy atom. The van der Waals surface area contributed by atoms with Gasteiger partial charge in [0.25, 0.3) is 0 Å². The number of aliphatic hydroxyl groups is 1. The molecule has 1 aromatic carbocycles. The van der Waals surface area contributed by atoms with Crippen molar-refractivity contribution in [2.75, 3.05) is 19.0 Å². The summed E-state index contributed by atoms with van der Waals surface area (Å²) in [7, 11) is 1.55. The molecule has 0 aliphatic carbocycles. The summed E-state index contributed by atoms with van der Waals surface area (Å²) in [6, 6.07) is 3.74. The smallest absolute Gasteiger partial charge is 0.250 e. The summed E-state index contributed by atoms with van der Waals surface area (Å²) in [5.74, 6) is -2.68. The van der Waals surface area contributed by atoms with Gasteiger partial charge in [0.05, 0.1) is 40.8 Å². The van der Waals surface area contributed by atoms with Crippen LogP contribution in [0, 0.1) is 30.6 Å². The molecule has 8 nitrogen and oxygen atoms in total. The molecular weight excluding hydrogens is 470 g/mol. The Kier molecular flexibility index (Phi) is 6.70. The third kappa shape index (κ3) is 3.59. The highest BCUT2D eigenvalue weighted by molar-refractivity contribution is 6.34. The quantitative estimate of drug-likeness (QED) is 0.528. The Hall–Kier alpha value is -2.16. The number of nitrogens with zero attached hydrogens (tertiary/aromatic N) is 1. The van der Waals surface area contributed by atoms with Gasteiger partial charge in [-0.2, -0.15) is 0 Å². The maximum atomic E-state index is 14.1. The van der Waals surface area contributed by atoms with Gasteiger partial charge in [-0.05, 0) is 43.7 Å². The lowest BCUT2D eigenvalue weighted by molar-refractivity contribution is -0.150. The van der Waals surface area contributed by atoms with Crippen LogP contribution in [-0.2, 0) is 19.1 Å². The Bertz CT molecular complexity index is 1030. The maximum absolute atomic E-state index is 14.1.